The maximum atomic E-state index is 12.9. The van der Waals surface area contributed by atoms with Crippen molar-refractivity contribution in [3.05, 3.63) is 52.9 Å². The number of hydrogen-bond donors (Lipinski definition) is 2. The molecule has 2 amide bonds. The van der Waals surface area contributed by atoms with E-state index in [2.05, 4.69) is 10.6 Å². The lowest BCUT2D eigenvalue weighted by molar-refractivity contribution is -0.136. The van der Waals surface area contributed by atoms with Crippen LogP contribution in [0.4, 0.5) is 23.7 Å². The average Bonchev–Trinajstić information content (AvgIpc) is 3.01. The number of nitrogens with one attached hydrogen (secondary N) is 2. The van der Waals surface area contributed by atoms with Crippen molar-refractivity contribution in [3.63, 3.8) is 0 Å². The van der Waals surface area contributed by atoms with Crippen molar-refractivity contribution in [1.29, 1.82) is 0 Å². The van der Waals surface area contributed by atoms with Gasteiger partial charge in [0.25, 0.3) is 0 Å². The molecule has 0 atom stereocenters. The second-order valence-corrected chi connectivity index (χ2v) is 6.24. The third-order valence-corrected chi connectivity index (χ3v) is 4.11. The molecule has 0 bridgehead atoms. The summed E-state index contributed by atoms with van der Waals surface area (Å²) < 4.78 is 43.9. The summed E-state index contributed by atoms with van der Waals surface area (Å²) in [5.74, 6) is 2.08. The molecule has 24 heavy (non-hydrogen) atoms. The zero-order valence-electron chi connectivity index (χ0n) is 12.3. The quantitative estimate of drug-likeness (QED) is 0.695. The van der Waals surface area contributed by atoms with E-state index in [4.69, 9.17) is 16.0 Å². The Morgan fingerprint density at radius 2 is 2.08 bits per heavy atom. The van der Waals surface area contributed by atoms with Gasteiger partial charge in [-0.25, -0.2) is 4.79 Å². The summed E-state index contributed by atoms with van der Waals surface area (Å²) in [5, 5.41) is 4.64. The van der Waals surface area contributed by atoms with E-state index in [1.165, 1.54) is 17.8 Å². The van der Waals surface area contributed by atoms with Gasteiger partial charge in [0.15, 0.2) is 0 Å². The van der Waals surface area contributed by atoms with Gasteiger partial charge in [-0.05, 0) is 30.3 Å². The van der Waals surface area contributed by atoms with E-state index in [-0.39, 0.29) is 10.7 Å². The molecule has 0 saturated heterocycles. The lowest BCUT2D eigenvalue weighted by Crippen LogP contribution is -2.31. The van der Waals surface area contributed by atoms with Crippen LogP contribution < -0.4 is 10.6 Å². The maximum absolute atomic E-state index is 12.9. The highest BCUT2D eigenvalue weighted by atomic mass is 35.5. The number of urea groups is 1. The summed E-state index contributed by atoms with van der Waals surface area (Å²) in [5.41, 5.74) is -1.33. The molecular formula is C15H14ClF3N2O2S. The van der Waals surface area contributed by atoms with Crippen molar-refractivity contribution in [2.75, 3.05) is 17.6 Å². The molecule has 130 valence electrons. The predicted molar refractivity (Wildman–Crippen MR) is 88.3 cm³/mol. The molecule has 2 aromatic rings. The highest BCUT2D eigenvalue weighted by molar-refractivity contribution is 7.98. The minimum atomic E-state index is -4.60. The molecule has 1 aromatic carbocycles. The van der Waals surface area contributed by atoms with E-state index in [0.717, 1.165) is 17.9 Å². The zero-order chi connectivity index (χ0) is 17.6. The third-order valence-electron chi connectivity index (χ3n) is 2.89. The van der Waals surface area contributed by atoms with Crippen molar-refractivity contribution in [2.24, 2.45) is 0 Å². The molecule has 0 saturated carbocycles. The van der Waals surface area contributed by atoms with Gasteiger partial charge in [-0.1, -0.05) is 11.6 Å². The number of benzene rings is 1. The van der Waals surface area contributed by atoms with Gasteiger partial charge in [0, 0.05) is 17.3 Å². The first kappa shape index (κ1) is 18.5. The average molecular weight is 379 g/mol. The molecule has 4 nitrogen and oxygen atoms in total. The van der Waals surface area contributed by atoms with Crippen LogP contribution in [0.2, 0.25) is 5.02 Å². The van der Waals surface area contributed by atoms with E-state index in [1.807, 2.05) is 6.07 Å². The van der Waals surface area contributed by atoms with Gasteiger partial charge >= 0.3 is 12.2 Å². The summed E-state index contributed by atoms with van der Waals surface area (Å²) in [6, 6.07) is 6.10. The highest BCUT2D eigenvalue weighted by Gasteiger charge is 2.34. The number of thioether (sulfide) groups is 1. The van der Waals surface area contributed by atoms with Crippen molar-refractivity contribution in [3.8, 4) is 0 Å². The maximum Gasteiger partial charge on any atom is 0.418 e. The SMILES string of the molecule is O=C(NCCSCc1ccco1)Nc1ccc(Cl)cc1C(F)(F)F. The highest BCUT2D eigenvalue weighted by Crippen LogP contribution is 2.36. The summed E-state index contributed by atoms with van der Waals surface area (Å²) >= 11 is 7.12. The van der Waals surface area contributed by atoms with Crippen molar-refractivity contribution in [2.45, 2.75) is 11.9 Å². The van der Waals surface area contributed by atoms with Crippen molar-refractivity contribution < 1.29 is 22.4 Å². The summed E-state index contributed by atoms with van der Waals surface area (Å²) in [4.78, 5) is 11.7. The fourth-order valence-electron chi connectivity index (χ4n) is 1.83. The Hall–Kier alpha value is -1.80. The lowest BCUT2D eigenvalue weighted by atomic mass is 10.1. The molecule has 0 spiro atoms. The Morgan fingerprint density at radius 1 is 1.29 bits per heavy atom. The smallest absolute Gasteiger partial charge is 0.418 e. The van der Waals surface area contributed by atoms with E-state index in [0.29, 0.717) is 18.1 Å². The van der Waals surface area contributed by atoms with Gasteiger partial charge in [-0.2, -0.15) is 24.9 Å². The normalized spacial score (nSPS) is 11.3. The van der Waals surface area contributed by atoms with Crippen LogP contribution >= 0.6 is 23.4 Å². The Kier molecular flexibility index (Phi) is 6.44. The summed E-state index contributed by atoms with van der Waals surface area (Å²) in [6.07, 6.45) is -3.03. The van der Waals surface area contributed by atoms with Crippen LogP contribution in [0.5, 0.6) is 0 Å². The minimum absolute atomic E-state index is 0.0531. The van der Waals surface area contributed by atoms with Crippen LogP contribution in [-0.2, 0) is 11.9 Å². The molecule has 1 aromatic heterocycles. The number of carbonyl (C=O) groups is 1. The van der Waals surface area contributed by atoms with Gasteiger partial charge < -0.3 is 15.1 Å². The Labute approximate surface area is 145 Å². The number of rotatable bonds is 6. The number of carbonyl (C=O) groups excluding carboxylic acids is 1. The molecule has 9 heteroatoms. The molecule has 0 radical (unpaired) electrons. The van der Waals surface area contributed by atoms with E-state index in [9.17, 15) is 18.0 Å². The van der Waals surface area contributed by atoms with Crippen LogP contribution in [0.15, 0.2) is 41.0 Å². The van der Waals surface area contributed by atoms with Gasteiger partial charge in [0.2, 0.25) is 0 Å². The predicted octanol–water partition coefficient (Wildman–Crippen LogP) is 5.01. The second kappa shape index (κ2) is 8.34. The van der Waals surface area contributed by atoms with Crippen LogP contribution in [-0.4, -0.2) is 18.3 Å². The largest absolute Gasteiger partial charge is 0.468 e. The minimum Gasteiger partial charge on any atom is -0.468 e. The molecule has 0 aliphatic heterocycles. The van der Waals surface area contributed by atoms with Crippen LogP contribution in [0, 0.1) is 0 Å². The first-order valence-electron chi connectivity index (χ1n) is 6.88. The standard InChI is InChI=1S/C15H14ClF3N2O2S/c16-10-3-4-13(12(8-10)15(17,18)19)21-14(22)20-5-7-24-9-11-2-1-6-23-11/h1-4,6,8H,5,7,9H2,(H2,20,21,22). The number of anilines is 1. The zero-order valence-corrected chi connectivity index (χ0v) is 13.9. The van der Waals surface area contributed by atoms with Gasteiger partial charge in [0.1, 0.15) is 5.76 Å². The fraction of sp³-hybridized carbons (Fsp3) is 0.267. The molecule has 0 aliphatic rings. The number of alkyl halides is 3. The van der Waals surface area contributed by atoms with Gasteiger partial charge in [-0.3, -0.25) is 0 Å². The van der Waals surface area contributed by atoms with E-state index >= 15 is 0 Å². The van der Waals surface area contributed by atoms with E-state index < -0.39 is 17.8 Å². The van der Waals surface area contributed by atoms with Gasteiger partial charge in [-0.15, -0.1) is 0 Å². The van der Waals surface area contributed by atoms with Gasteiger partial charge in [0.05, 0.1) is 23.3 Å². The molecule has 0 unspecified atom stereocenters. The molecular weight excluding hydrogens is 365 g/mol. The molecule has 0 fully saturated rings. The Morgan fingerprint density at radius 3 is 2.75 bits per heavy atom. The van der Waals surface area contributed by atoms with Crippen LogP contribution in [0.25, 0.3) is 0 Å². The first-order valence-corrected chi connectivity index (χ1v) is 8.41. The Balaban J connectivity index is 1.80. The lowest BCUT2D eigenvalue weighted by Gasteiger charge is -2.14. The van der Waals surface area contributed by atoms with Crippen LogP contribution in [0.3, 0.4) is 0 Å². The molecule has 2 N–H and O–H groups in total. The molecule has 2 rings (SSSR count). The first-order chi connectivity index (χ1) is 11.4. The van der Waals surface area contributed by atoms with Crippen molar-refractivity contribution in [1.82, 2.24) is 5.32 Å². The number of halogens is 4. The number of amides is 2. The fourth-order valence-corrected chi connectivity index (χ4v) is 2.76. The Bertz CT molecular complexity index is 678. The van der Waals surface area contributed by atoms with Crippen LogP contribution in [0.1, 0.15) is 11.3 Å². The van der Waals surface area contributed by atoms with Crippen molar-refractivity contribution >= 4 is 35.1 Å². The summed E-state index contributed by atoms with van der Waals surface area (Å²) in [6.45, 7) is 0.312. The molecule has 0 aliphatic carbocycles. The number of furan rings is 1. The monoisotopic (exact) mass is 378 g/mol. The van der Waals surface area contributed by atoms with E-state index in [1.54, 1.807) is 12.3 Å². The topological polar surface area (TPSA) is 54.3 Å². The molecule has 1 heterocycles. The third kappa shape index (κ3) is 5.68. The second-order valence-electron chi connectivity index (χ2n) is 4.70. The summed E-state index contributed by atoms with van der Waals surface area (Å²) in [7, 11) is 0. The number of hydrogen-bond acceptors (Lipinski definition) is 3.